The van der Waals surface area contributed by atoms with Crippen LogP contribution in [0.4, 0.5) is 0 Å². The summed E-state index contributed by atoms with van der Waals surface area (Å²) in [5.41, 5.74) is 7.59. The van der Waals surface area contributed by atoms with Crippen LogP contribution in [0.2, 0.25) is 0 Å². The van der Waals surface area contributed by atoms with Crippen molar-refractivity contribution >= 4 is 38.9 Å². The molecule has 0 fully saturated rings. The van der Waals surface area contributed by atoms with E-state index in [9.17, 15) is 0 Å². The number of hydrogen-bond donors (Lipinski definition) is 0. The van der Waals surface area contributed by atoms with Gasteiger partial charge < -0.3 is 0 Å². The Bertz CT molecular complexity index is 1480. The normalized spacial score (nSPS) is 11.4. The Balaban J connectivity index is 1.68. The maximum atomic E-state index is 2.37. The fraction of sp³-hybridized carbons (Fsp3) is 0. The van der Waals surface area contributed by atoms with Gasteiger partial charge in [0.05, 0.1) is 0 Å². The lowest BCUT2D eigenvalue weighted by Crippen LogP contribution is -2.74. The lowest BCUT2D eigenvalue weighted by Gasteiger charge is -2.44. The molecule has 2 heteroatoms. The van der Waals surface area contributed by atoms with Crippen LogP contribution in [-0.4, -0.2) is 6.15 Å². The molecule has 0 N–H and O–H groups in total. The fourth-order valence-corrected chi connectivity index (χ4v) is 5.71. The lowest BCUT2D eigenvalue weighted by molar-refractivity contribution is -0.567. The number of pyridine rings is 1. The molecule has 6 rings (SSSR count). The highest BCUT2D eigenvalue weighted by Gasteiger charge is 2.32. The van der Waals surface area contributed by atoms with Gasteiger partial charge in [0.15, 0.2) is 6.20 Å². The van der Waals surface area contributed by atoms with E-state index in [1.165, 1.54) is 32.8 Å². The van der Waals surface area contributed by atoms with Crippen molar-refractivity contribution in [3.05, 3.63) is 158 Å². The van der Waals surface area contributed by atoms with Crippen LogP contribution in [0.15, 0.2) is 158 Å². The summed E-state index contributed by atoms with van der Waals surface area (Å²) >= 11 is 0. The van der Waals surface area contributed by atoms with Crippen LogP contribution in [0.1, 0.15) is 0 Å². The molecule has 1 heterocycles. The molecule has 0 aliphatic carbocycles. The standard InChI is InChI=1S/C33H26BN/c1-4-16-28(17-5-1)34(29-18-6-2-7-19-29,30-20-8-3-9-21-30)31-22-12-23-32(26-31)35-25-13-15-27-14-10-11-24-33(27)35/h1-26H. The van der Waals surface area contributed by atoms with E-state index in [1.807, 2.05) is 0 Å². The molecule has 0 saturated carbocycles. The Kier molecular flexibility index (Phi) is 5.48. The van der Waals surface area contributed by atoms with Gasteiger partial charge in [-0.2, -0.15) is 26.4 Å². The molecule has 5 aromatic carbocycles. The van der Waals surface area contributed by atoms with E-state index < -0.39 is 6.15 Å². The first kappa shape index (κ1) is 21.1. The van der Waals surface area contributed by atoms with E-state index in [1.54, 1.807) is 0 Å². The zero-order valence-corrected chi connectivity index (χ0v) is 19.5. The van der Waals surface area contributed by atoms with E-state index in [-0.39, 0.29) is 0 Å². The number of hydrogen-bond acceptors (Lipinski definition) is 0. The zero-order valence-electron chi connectivity index (χ0n) is 19.5. The number of benzene rings is 5. The van der Waals surface area contributed by atoms with Gasteiger partial charge in [-0.1, -0.05) is 115 Å². The number of para-hydroxylation sites is 1. The van der Waals surface area contributed by atoms with Crippen LogP contribution in [0.25, 0.3) is 16.6 Å². The van der Waals surface area contributed by atoms with E-state index in [4.69, 9.17) is 0 Å². The van der Waals surface area contributed by atoms with Crippen LogP contribution in [0.5, 0.6) is 0 Å². The van der Waals surface area contributed by atoms with Crippen molar-refractivity contribution in [3.8, 4) is 5.69 Å². The largest absolute Gasteiger partial charge is 0.218 e. The second-order valence-corrected chi connectivity index (χ2v) is 9.13. The van der Waals surface area contributed by atoms with Crippen LogP contribution in [-0.2, 0) is 0 Å². The molecule has 6 aromatic rings. The fourth-order valence-electron chi connectivity index (χ4n) is 5.71. The number of fused-ring (bicyclic) bond motifs is 1. The summed E-state index contributed by atoms with van der Waals surface area (Å²) in [6.07, 6.45) is 0.762. The summed E-state index contributed by atoms with van der Waals surface area (Å²) in [6, 6.07) is 54.8. The Morgan fingerprint density at radius 2 is 0.886 bits per heavy atom. The average Bonchev–Trinajstić information content (AvgIpc) is 2.95. The molecule has 166 valence electrons. The smallest absolute Gasteiger partial charge is 0.195 e. The molecule has 0 spiro atoms. The van der Waals surface area contributed by atoms with E-state index >= 15 is 0 Å². The third-order valence-corrected chi connectivity index (χ3v) is 7.25. The van der Waals surface area contributed by atoms with Crippen LogP contribution >= 0.6 is 0 Å². The second kappa shape index (κ2) is 9.08. The van der Waals surface area contributed by atoms with Gasteiger partial charge in [0.2, 0.25) is 11.2 Å². The SMILES string of the molecule is c1ccc([B-](c2ccccc2)(c2ccccc2)c2cccc(-[n+]3cccc4ccccc43)c2)cc1. The van der Waals surface area contributed by atoms with Gasteiger partial charge in [-0.3, -0.25) is 0 Å². The molecular formula is C33H26BN. The first-order valence-electron chi connectivity index (χ1n) is 12.2. The molecule has 1 aromatic heterocycles. The molecule has 0 saturated heterocycles. The lowest BCUT2D eigenvalue weighted by atomic mass is 9.13. The predicted molar refractivity (Wildman–Crippen MR) is 149 cm³/mol. The van der Waals surface area contributed by atoms with Crippen molar-refractivity contribution in [3.63, 3.8) is 0 Å². The van der Waals surface area contributed by atoms with E-state index in [2.05, 4.69) is 162 Å². The maximum Gasteiger partial charge on any atom is 0.218 e. The van der Waals surface area contributed by atoms with Crippen molar-refractivity contribution in [2.45, 2.75) is 0 Å². The molecule has 0 amide bonds. The molecule has 0 aliphatic heterocycles. The van der Waals surface area contributed by atoms with Gasteiger partial charge in [-0.25, -0.2) is 0 Å². The predicted octanol–water partition coefficient (Wildman–Crippen LogP) is 4.49. The molecule has 0 bridgehead atoms. The summed E-state index contributed by atoms with van der Waals surface area (Å²) < 4.78 is 2.29. The first-order valence-corrected chi connectivity index (χ1v) is 12.2. The third kappa shape index (κ3) is 3.64. The number of rotatable bonds is 5. The Hall–Kier alpha value is -4.43. The minimum Gasteiger partial charge on any atom is -0.195 e. The van der Waals surface area contributed by atoms with Gasteiger partial charge in [0.25, 0.3) is 0 Å². The molecule has 0 radical (unpaired) electrons. The summed E-state index contributed by atoms with van der Waals surface area (Å²) in [5.74, 6) is 0. The quantitative estimate of drug-likeness (QED) is 0.271. The second-order valence-electron chi connectivity index (χ2n) is 9.13. The van der Waals surface area contributed by atoms with Crippen molar-refractivity contribution < 1.29 is 4.57 Å². The van der Waals surface area contributed by atoms with Gasteiger partial charge >= 0.3 is 0 Å². The van der Waals surface area contributed by atoms with Gasteiger partial charge in [0.1, 0.15) is 6.15 Å². The monoisotopic (exact) mass is 447 g/mol. The van der Waals surface area contributed by atoms with Crippen molar-refractivity contribution in [1.82, 2.24) is 0 Å². The van der Waals surface area contributed by atoms with Crippen LogP contribution in [0, 0.1) is 0 Å². The summed E-state index contributed by atoms with van der Waals surface area (Å²) in [4.78, 5) is 0. The van der Waals surface area contributed by atoms with E-state index in [0.717, 1.165) is 5.69 Å². The highest BCUT2D eigenvalue weighted by Crippen LogP contribution is 2.14. The summed E-state index contributed by atoms with van der Waals surface area (Å²) in [6.45, 7) is 0. The van der Waals surface area contributed by atoms with Crippen molar-refractivity contribution in [2.75, 3.05) is 0 Å². The summed E-state index contributed by atoms with van der Waals surface area (Å²) in [5, 5.41) is 1.23. The number of aromatic nitrogens is 1. The van der Waals surface area contributed by atoms with Crippen LogP contribution < -0.4 is 26.4 Å². The molecule has 0 aliphatic rings. The van der Waals surface area contributed by atoms with Gasteiger partial charge in [-0.15, -0.1) is 0 Å². The zero-order chi connectivity index (χ0) is 23.5. The Labute approximate surface area is 206 Å². The van der Waals surface area contributed by atoms with E-state index in [0.29, 0.717) is 0 Å². The minimum absolute atomic E-state index is 1.16. The molecule has 35 heavy (non-hydrogen) atoms. The topological polar surface area (TPSA) is 3.88 Å². The minimum atomic E-state index is -1.39. The van der Waals surface area contributed by atoms with Crippen molar-refractivity contribution in [2.24, 2.45) is 0 Å². The Morgan fingerprint density at radius 3 is 1.49 bits per heavy atom. The van der Waals surface area contributed by atoms with Gasteiger partial charge in [0, 0.05) is 23.6 Å². The van der Waals surface area contributed by atoms with Crippen molar-refractivity contribution in [1.29, 1.82) is 0 Å². The molecule has 0 unspecified atom stereocenters. The first-order chi connectivity index (χ1) is 17.4. The maximum absolute atomic E-state index is 2.37. The average molecular weight is 447 g/mol. The highest BCUT2D eigenvalue weighted by molar-refractivity contribution is 7.19. The third-order valence-electron chi connectivity index (χ3n) is 7.25. The molecular weight excluding hydrogens is 421 g/mol. The molecule has 1 nitrogen and oxygen atoms in total. The van der Waals surface area contributed by atoms with Gasteiger partial charge in [-0.05, 0) is 18.2 Å². The summed E-state index contributed by atoms with van der Waals surface area (Å²) in [7, 11) is 0. The number of nitrogens with zero attached hydrogens (tertiary/aromatic N) is 1. The Morgan fingerprint density at radius 1 is 0.400 bits per heavy atom. The molecule has 0 atom stereocenters. The van der Waals surface area contributed by atoms with Crippen LogP contribution in [0.3, 0.4) is 0 Å². The highest BCUT2D eigenvalue weighted by atomic mass is 15.0.